The van der Waals surface area contributed by atoms with Crippen molar-refractivity contribution in [2.75, 3.05) is 13.7 Å². The quantitative estimate of drug-likeness (QED) is 0.739. The minimum atomic E-state index is -0.501. The van der Waals surface area contributed by atoms with Gasteiger partial charge in [-0.15, -0.1) is 0 Å². The molecule has 0 aromatic rings. The summed E-state index contributed by atoms with van der Waals surface area (Å²) in [5, 5.41) is 3.35. The van der Waals surface area contributed by atoms with E-state index in [9.17, 15) is 4.79 Å². The Kier molecular flexibility index (Phi) is 4.74. The van der Waals surface area contributed by atoms with Crippen LogP contribution in [0.25, 0.3) is 0 Å². The maximum absolute atomic E-state index is 11.6. The number of methoxy groups -OCH3 is 1. The topological polar surface area (TPSA) is 64.3 Å². The normalized spacial score (nSPS) is 30.6. The van der Waals surface area contributed by atoms with E-state index in [2.05, 4.69) is 19.2 Å². The summed E-state index contributed by atoms with van der Waals surface area (Å²) in [6, 6.07) is 0. The third-order valence-corrected chi connectivity index (χ3v) is 3.44. The lowest BCUT2D eigenvalue weighted by molar-refractivity contribution is -0.127. The zero-order chi connectivity index (χ0) is 12.2. The molecule has 0 heterocycles. The molecule has 1 aliphatic carbocycles. The Morgan fingerprint density at radius 3 is 2.44 bits per heavy atom. The van der Waals surface area contributed by atoms with E-state index in [1.807, 2.05) is 0 Å². The molecule has 0 unspecified atom stereocenters. The lowest BCUT2D eigenvalue weighted by atomic mass is 9.79. The second-order valence-corrected chi connectivity index (χ2v) is 5.16. The number of carbonyl (C=O) groups excluding carboxylic acids is 1. The lowest BCUT2D eigenvalue weighted by Gasteiger charge is -2.38. The summed E-state index contributed by atoms with van der Waals surface area (Å²) in [5.74, 6) is 0.305. The van der Waals surface area contributed by atoms with Gasteiger partial charge in [0.15, 0.2) is 0 Å². The summed E-state index contributed by atoms with van der Waals surface area (Å²) in [6.07, 6.45) is 3.67. The molecule has 0 atom stereocenters. The van der Waals surface area contributed by atoms with E-state index in [-0.39, 0.29) is 12.0 Å². The number of amides is 1. The zero-order valence-corrected chi connectivity index (χ0v) is 10.6. The molecule has 16 heavy (non-hydrogen) atoms. The highest BCUT2D eigenvalue weighted by molar-refractivity contribution is 5.84. The van der Waals surface area contributed by atoms with Crippen molar-refractivity contribution in [1.29, 1.82) is 0 Å². The fourth-order valence-electron chi connectivity index (χ4n) is 2.23. The molecular weight excluding hydrogens is 204 g/mol. The van der Waals surface area contributed by atoms with Gasteiger partial charge >= 0.3 is 0 Å². The van der Waals surface area contributed by atoms with Crippen LogP contribution >= 0.6 is 0 Å². The van der Waals surface area contributed by atoms with E-state index < -0.39 is 5.54 Å². The third-order valence-electron chi connectivity index (χ3n) is 3.44. The highest BCUT2D eigenvalue weighted by Crippen LogP contribution is 2.29. The fourth-order valence-corrected chi connectivity index (χ4v) is 2.23. The van der Waals surface area contributed by atoms with Crippen LogP contribution in [0.15, 0.2) is 0 Å². The summed E-state index contributed by atoms with van der Waals surface area (Å²) in [7, 11) is 1.73. The van der Waals surface area contributed by atoms with Crippen molar-refractivity contribution in [2.24, 2.45) is 11.7 Å². The molecule has 3 N–H and O–H groups in total. The Morgan fingerprint density at radius 1 is 1.50 bits per heavy atom. The molecule has 1 amide bonds. The van der Waals surface area contributed by atoms with Gasteiger partial charge in [0, 0.05) is 7.11 Å². The van der Waals surface area contributed by atoms with Crippen LogP contribution in [0.5, 0.6) is 0 Å². The molecule has 4 nitrogen and oxygen atoms in total. The van der Waals surface area contributed by atoms with E-state index in [1.54, 1.807) is 7.11 Å². The predicted molar refractivity (Wildman–Crippen MR) is 64.0 cm³/mol. The minimum absolute atomic E-state index is 0.220. The van der Waals surface area contributed by atoms with Crippen LogP contribution in [0, 0.1) is 5.92 Å². The highest BCUT2D eigenvalue weighted by Gasteiger charge is 2.39. The van der Waals surface area contributed by atoms with Crippen LogP contribution in [0.2, 0.25) is 0 Å². The average Bonchev–Trinajstić information content (AvgIpc) is 2.26. The molecule has 0 aromatic carbocycles. The molecule has 4 heteroatoms. The summed E-state index contributed by atoms with van der Waals surface area (Å²) >= 11 is 0. The van der Waals surface area contributed by atoms with Crippen LogP contribution in [0.4, 0.5) is 0 Å². The van der Waals surface area contributed by atoms with Crippen molar-refractivity contribution in [3.63, 3.8) is 0 Å². The first-order valence-corrected chi connectivity index (χ1v) is 6.08. The van der Waals surface area contributed by atoms with Crippen LogP contribution in [-0.4, -0.2) is 31.2 Å². The van der Waals surface area contributed by atoms with E-state index in [0.29, 0.717) is 5.92 Å². The monoisotopic (exact) mass is 228 g/mol. The molecule has 94 valence electrons. The lowest BCUT2D eigenvalue weighted by Crippen LogP contribution is -2.58. The van der Waals surface area contributed by atoms with Crippen molar-refractivity contribution in [1.82, 2.24) is 5.32 Å². The van der Waals surface area contributed by atoms with Crippen molar-refractivity contribution in [3.05, 3.63) is 0 Å². The molecule has 0 radical (unpaired) electrons. The van der Waals surface area contributed by atoms with Crippen molar-refractivity contribution in [3.8, 4) is 0 Å². The van der Waals surface area contributed by atoms with E-state index in [1.165, 1.54) is 0 Å². The van der Waals surface area contributed by atoms with E-state index >= 15 is 0 Å². The molecule has 0 aliphatic heterocycles. The largest absolute Gasteiger partial charge is 0.381 e. The van der Waals surface area contributed by atoms with Crippen LogP contribution in [0.3, 0.4) is 0 Å². The molecule has 1 saturated carbocycles. The number of nitrogens with two attached hydrogens (primary N) is 1. The second-order valence-electron chi connectivity index (χ2n) is 5.16. The van der Waals surface area contributed by atoms with Crippen LogP contribution in [-0.2, 0) is 9.53 Å². The maximum Gasteiger partial charge on any atom is 0.237 e. The number of hydrogen-bond acceptors (Lipinski definition) is 3. The van der Waals surface area contributed by atoms with Gasteiger partial charge in [0.25, 0.3) is 0 Å². The van der Waals surface area contributed by atoms with Gasteiger partial charge < -0.3 is 15.8 Å². The molecular formula is C12H24N2O2. The van der Waals surface area contributed by atoms with Crippen LogP contribution in [0.1, 0.15) is 39.5 Å². The van der Waals surface area contributed by atoms with Gasteiger partial charge in [0.05, 0.1) is 11.6 Å². The number of carbonyl (C=O) groups is 1. The maximum atomic E-state index is 11.6. The number of ether oxygens (including phenoxy) is 1. The van der Waals surface area contributed by atoms with E-state index in [4.69, 9.17) is 10.5 Å². The van der Waals surface area contributed by atoms with Crippen LogP contribution < -0.4 is 11.1 Å². The number of nitrogens with one attached hydrogen (secondary N) is 1. The first kappa shape index (κ1) is 13.5. The van der Waals surface area contributed by atoms with Crippen molar-refractivity contribution < 1.29 is 9.53 Å². The standard InChI is InChI=1S/C12H24N2O2/c1-9(2)8-14-12(11(13)15)6-4-10(16-3)5-7-12/h9-10,14H,4-8H2,1-3H3,(H2,13,15). The molecule has 1 aliphatic rings. The molecule has 0 spiro atoms. The van der Waals surface area contributed by atoms with Gasteiger partial charge in [-0.25, -0.2) is 0 Å². The average molecular weight is 228 g/mol. The first-order valence-electron chi connectivity index (χ1n) is 6.08. The van der Waals surface area contributed by atoms with E-state index in [0.717, 1.165) is 32.2 Å². The minimum Gasteiger partial charge on any atom is -0.381 e. The second kappa shape index (κ2) is 5.64. The van der Waals surface area contributed by atoms with Crippen molar-refractivity contribution in [2.45, 2.75) is 51.2 Å². The fraction of sp³-hybridized carbons (Fsp3) is 0.917. The van der Waals surface area contributed by atoms with Gasteiger partial charge in [-0.2, -0.15) is 0 Å². The zero-order valence-electron chi connectivity index (χ0n) is 10.6. The Hall–Kier alpha value is -0.610. The smallest absolute Gasteiger partial charge is 0.237 e. The summed E-state index contributed by atoms with van der Waals surface area (Å²) in [6.45, 7) is 5.09. The Balaban J connectivity index is 2.58. The predicted octanol–water partition coefficient (Wildman–Crippen LogP) is 1.05. The number of primary amides is 1. The Bertz CT molecular complexity index is 233. The molecule has 1 fully saturated rings. The SMILES string of the molecule is COC1CCC(NCC(C)C)(C(N)=O)CC1. The molecule has 0 bridgehead atoms. The third kappa shape index (κ3) is 3.19. The van der Waals surface area contributed by atoms with Gasteiger partial charge in [0.2, 0.25) is 5.91 Å². The summed E-state index contributed by atoms with van der Waals surface area (Å²) in [5.41, 5.74) is 5.03. The van der Waals surface area contributed by atoms with Gasteiger partial charge in [0.1, 0.15) is 0 Å². The van der Waals surface area contributed by atoms with Gasteiger partial charge in [-0.05, 0) is 38.1 Å². The summed E-state index contributed by atoms with van der Waals surface area (Å²) in [4.78, 5) is 11.6. The number of rotatable bonds is 5. The molecule has 0 saturated heterocycles. The Morgan fingerprint density at radius 2 is 2.06 bits per heavy atom. The number of hydrogen-bond donors (Lipinski definition) is 2. The summed E-state index contributed by atoms with van der Waals surface area (Å²) < 4.78 is 5.31. The highest BCUT2D eigenvalue weighted by atomic mass is 16.5. The van der Waals surface area contributed by atoms with Gasteiger partial charge in [-0.3, -0.25) is 4.79 Å². The Labute approximate surface area is 97.9 Å². The first-order chi connectivity index (χ1) is 7.50. The van der Waals surface area contributed by atoms with Crippen molar-refractivity contribution >= 4 is 5.91 Å². The molecule has 0 aromatic heterocycles. The molecule has 1 rings (SSSR count). The van der Waals surface area contributed by atoms with Gasteiger partial charge in [-0.1, -0.05) is 13.8 Å².